The summed E-state index contributed by atoms with van der Waals surface area (Å²) >= 11 is 0. The molecule has 8 rings (SSSR count). The van der Waals surface area contributed by atoms with Gasteiger partial charge in [0.1, 0.15) is 0 Å². The average molecular weight is 662 g/mol. The molecule has 0 spiro atoms. The van der Waals surface area contributed by atoms with Gasteiger partial charge in [-0.25, -0.2) is 9.97 Å². The van der Waals surface area contributed by atoms with Crippen LogP contribution < -0.4 is 10.1 Å². The second-order valence-electron chi connectivity index (χ2n) is 12.9. The minimum atomic E-state index is 0.0727. The predicted octanol–water partition coefficient (Wildman–Crippen LogP) is 8.44. The molecule has 252 valence electrons. The molecule has 7 aromatic rings. The zero-order valence-corrected chi connectivity index (χ0v) is 28.2. The number of nitrogens with zero attached hydrogens (tertiary/aromatic N) is 2. The summed E-state index contributed by atoms with van der Waals surface area (Å²) in [6, 6.07) is 44.9. The van der Waals surface area contributed by atoms with Gasteiger partial charge in [0.25, 0.3) is 0 Å². The van der Waals surface area contributed by atoms with E-state index in [1.54, 1.807) is 0 Å². The van der Waals surface area contributed by atoms with Gasteiger partial charge >= 0.3 is 6.01 Å². The highest BCUT2D eigenvalue weighted by Gasteiger charge is 2.28. The molecule has 6 heteroatoms. The number of hydrogen-bond acceptors (Lipinski definition) is 6. The Balaban J connectivity index is 0.000000253. The molecule has 6 aromatic carbocycles. The molecule has 0 amide bonds. The van der Waals surface area contributed by atoms with E-state index >= 15 is 0 Å². The van der Waals surface area contributed by atoms with E-state index in [0.29, 0.717) is 19.2 Å². The molecule has 6 nitrogen and oxygen atoms in total. The highest BCUT2D eigenvalue weighted by atomic mass is 16.5. The molecule has 1 aromatic heterocycles. The van der Waals surface area contributed by atoms with Crippen LogP contribution in [0, 0.1) is 0 Å². The Hall–Kier alpha value is -5.14. The number of ether oxygens (including phenoxy) is 2. The summed E-state index contributed by atoms with van der Waals surface area (Å²) < 4.78 is 12.3. The lowest BCUT2D eigenvalue weighted by Crippen LogP contribution is -2.41. The van der Waals surface area contributed by atoms with Gasteiger partial charge in [0, 0.05) is 37.9 Å². The molecule has 1 saturated heterocycles. The van der Waals surface area contributed by atoms with Gasteiger partial charge in [-0.3, -0.25) is 0 Å². The van der Waals surface area contributed by atoms with Gasteiger partial charge in [0.2, 0.25) is 0 Å². The second-order valence-corrected chi connectivity index (χ2v) is 12.9. The molecule has 0 aliphatic carbocycles. The number of rotatable bonds is 10. The van der Waals surface area contributed by atoms with Crippen LogP contribution >= 0.6 is 0 Å². The summed E-state index contributed by atoms with van der Waals surface area (Å²) in [5, 5.41) is 19.8. The SMILES string of the molecule is OCCc1ccc2ccccc2c1.c1ccc2cc(CCOc3ncc(C4CCNCC4OCc4ccc5ccccc5c4)cn3)ccc2c1. The number of aromatic nitrogens is 2. The summed E-state index contributed by atoms with van der Waals surface area (Å²) in [5.41, 5.74) is 4.74. The topological polar surface area (TPSA) is 76.5 Å². The summed E-state index contributed by atoms with van der Waals surface area (Å²) in [6.07, 6.45) is 6.43. The highest BCUT2D eigenvalue weighted by Crippen LogP contribution is 2.28. The van der Waals surface area contributed by atoms with E-state index in [0.717, 1.165) is 37.9 Å². The minimum absolute atomic E-state index is 0.0727. The van der Waals surface area contributed by atoms with Crippen LogP contribution in [0.4, 0.5) is 0 Å². The van der Waals surface area contributed by atoms with Gasteiger partial charge in [-0.2, -0.15) is 0 Å². The molecule has 2 unspecified atom stereocenters. The number of piperidine rings is 1. The van der Waals surface area contributed by atoms with Crippen LogP contribution in [-0.4, -0.2) is 47.5 Å². The molecule has 0 saturated carbocycles. The summed E-state index contributed by atoms with van der Waals surface area (Å²) in [7, 11) is 0. The molecule has 0 bridgehead atoms. The Labute approximate surface area is 293 Å². The molecule has 2 heterocycles. The first kappa shape index (κ1) is 33.4. The predicted molar refractivity (Wildman–Crippen MR) is 203 cm³/mol. The van der Waals surface area contributed by atoms with Crippen molar-refractivity contribution in [3.8, 4) is 6.01 Å². The van der Waals surface area contributed by atoms with Gasteiger partial charge in [0.15, 0.2) is 0 Å². The van der Waals surface area contributed by atoms with E-state index in [4.69, 9.17) is 14.6 Å². The lowest BCUT2D eigenvalue weighted by molar-refractivity contribution is 0.0105. The number of aliphatic hydroxyl groups is 1. The Morgan fingerprint density at radius 1 is 0.620 bits per heavy atom. The Bertz CT molecular complexity index is 2150. The van der Waals surface area contributed by atoms with Crippen molar-refractivity contribution in [2.75, 3.05) is 26.3 Å². The quantitative estimate of drug-likeness (QED) is 0.153. The third-order valence-corrected chi connectivity index (χ3v) is 9.43. The van der Waals surface area contributed by atoms with Crippen molar-refractivity contribution in [3.63, 3.8) is 0 Å². The van der Waals surface area contributed by atoms with Crippen molar-refractivity contribution in [3.05, 3.63) is 162 Å². The van der Waals surface area contributed by atoms with E-state index in [2.05, 4.69) is 131 Å². The minimum Gasteiger partial charge on any atom is -0.463 e. The lowest BCUT2D eigenvalue weighted by atomic mass is 9.89. The average Bonchev–Trinajstić information content (AvgIpc) is 3.18. The standard InChI is InChI=1S/C32H31N3O2.C12H12O/c1-3-7-27-17-23(9-11-25(27)5-1)14-16-36-32-34-19-29(20-35-32)30-13-15-33-21-31(30)37-22-24-10-12-26-6-2-4-8-28(26)18-24;13-8-7-10-5-6-11-3-1-2-4-12(11)9-10/h1-12,17-20,30-31,33H,13-16,21-22H2;1-6,9,13H,7-8H2. The van der Waals surface area contributed by atoms with Gasteiger partial charge in [-0.1, -0.05) is 121 Å². The van der Waals surface area contributed by atoms with Crippen LogP contribution in [0.2, 0.25) is 0 Å². The maximum Gasteiger partial charge on any atom is 0.316 e. The molecular formula is C44H43N3O3. The molecule has 0 radical (unpaired) electrons. The van der Waals surface area contributed by atoms with E-state index < -0.39 is 0 Å². The highest BCUT2D eigenvalue weighted by molar-refractivity contribution is 5.84. The Morgan fingerprint density at radius 3 is 1.72 bits per heavy atom. The fourth-order valence-electron chi connectivity index (χ4n) is 6.69. The number of hydrogen-bond donors (Lipinski definition) is 2. The van der Waals surface area contributed by atoms with Crippen molar-refractivity contribution >= 4 is 32.3 Å². The maximum absolute atomic E-state index is 8.79. The smallest absolute Gasteiger partial charge is 0.316 e. The molecule has 2 N–H and O–H groups in total. The van der Waals surface area contributed by atoms with Gasteiger partial charge < -0.3 is 19.9 Å². The number of aliphatic hydroxyl groups excluding tert-OH is 1. The fourth-order valence-corrected chi connectivity index (χ4v) is 6.69. The molecule has 50 heavy (non-hydrogen) atoms. The number of benzene rings is 6. The summed E-state index contributed by atoms with van der Waals surface area (Å²) in [4.78, 5) is 9.03. The monoisotopic (exact) mass is 661 g/mol. The Morgan fingerprint density at radius 2 is 1.14 bits per heavy atom. The summed E-state index contributed by atoms with van der Waals surface area (Å²) in [5.74, 6) is 0.258. The van der Waals surface area contributed by atoms with Crippen molar-refractivity contribution in [2.45, 2.75) is 37.9 Å². The first-order valence-corrected chi connectivity index (χ1v) is 17.5. The molecule has 1 aliphatic heterocycles. The number of nitrogens with one attached hydrogen (secondary N) is 1. The molecule has 2 atom stereocenters. The van der Waals surface area contributed by atoms with Gasteiger partial charge in [-0.05, 0) is 80.0 Å². The van der Waals surface area contributed by atoms with E-state index in [1.807, 2.05) is 24.5 Å². The summed E-state index contributed by atoms with van der Waals surface area (Å²) in [6.45, 7) is 3.14. The first-order valence-electron chi connectivity index (χ1n) is 17.5. The van der Waals surface area contributed by atoms with E-state index in [9.17, 15) is 0 Å². The second kappa shape index (κ2) is 16.5. The molecular weight excluding hydrogens is 619 g/mol. The van der Waals surface area contributed by atoms with Crippen molar-refractivity contribution in [1.29, 1.82) is 0 Å². The van der Waals surface area contributed by atoms with Crippen molar-refractivity contribution in [2.24, 2.45) is 0 Å². The molecule has 1 aliphatic rings. The molecule has 1 fully saturated rings. The van der Waals surface area contributed by atoms with Crippen LogP contribution in [0.25, 0.3) is 32.3 Å². The van der Waals surface area contributed by atoms with Gasteiger partial charge in [-0.15, -0.1) is 0 Å². The fraction of sp³-hybridized carbons (Fsp3) is 0.227. The van der Waals surface area contributed by atoms with Crippen LogP contribution in [0.3, 0.4) is 0 Å². The zero-order valence-electron chi connectivity index (χ0n) is 28.2. The third kappa shape index (κ3) is 8.52. The van der Waals surface area contributed by atoms with E-state index in [1.165, 1.54) is 49.0 Å². The first-order chi connectivity index (χ1) is 24.7. The Kier molecular flexibility index (Phi) is 11.0. The lowest BCUT2D eigenvalue weighted by Gasteiger charge is -2.32. The van der Waals surface area contributed by atoms with Crippen LogP contribution in [0.1, 0.15) is 34.6 Å². The largest absolute Gasteiger partial charge is 0.463 e. The van der Waals surface area contributed by atoms with Crippen molar-refractivity contribution in [1.82, 2.24) is 15.3 Å². The van der Waals surface area contributed by atoms with E-state index in [-0.39, 0.29) is 18.6 Å². The van der Waals surface area contributed by atoms with Crippen LogP contribution in [-0.2, 0) is 24.2 Å². The normalized spacial score (nSPS) is 15.9. The zero-order chi connectivity index (χ0) is 34.0. The maximum atomic E-state index is 8.79. The van der Waals surface area contributed by atoms with Crippen LogP contribution in [0.5, 0.6) is 6.01 Å². The number of fused-ring (bicyclic) bond motifs is 3. The van der Waals surface area contributed by atoms with Gasteiger partial charge in [0.05, 0.1) is 19.3 Å². The third-order valence-electron chi connectivity index (χ3n) is 9.43. The van der Waals surface area contributed by atoms with Crippen LogP contribution in [0.15, 0.2) is 140 Å². The van der Waals surface area contributed by atoms with Crippen molar-refractivity contribution < 1.29 is 14.6 Å².